The molecule has 0 bridgehead atoms. The van der Waals surface area contributed by atoms with Gasteiger partial charge < -0.3 is 9.42 Å². The minimum Gasteiger partial charge on any atom is -0.342 e. The first-order chi connectivity index (χ1) is 14.2. The van der Waals surface area contributed by atoms with Crippen LogP contribution in [-0.4, -0.2) is 44.2 Å². The predicted octanol–water partition coefficient (Wildman–Crippen LogP) is 3.48. The molecule has 29 heavy (non-hydrogen) atoms. The first-order valence-corrected chi connectivity index (χ1v) is 9.78. The molecule has 1 aliphatic rings. The molecule has 0 saturated carbocycles. The second-order valence-electron chi connectivity index (χ2n) is 7.55. The van der Waals surface area contributed by atoms with Gasteiger partial charge in [0.25, 0.3) is 5.89 Å². The van der Waals surface area contributed by atoms with E-state index in [0.717, 1.165) is 17.3 Å². The van der Waals surface area contributed by atoms with E-state index >= 15 is 0 Å². The van der Waals surface area contributed by atoms with E-state index in [2.05, 4.69) is 51.5 Å². The summed E-state index contributed by atoms with van der Waals surface area (Å²) in [6, 6.07) is 16.2. The van der Waals surface area contributed by atoms with Crippen LogP contribution in [0.2, 0.25) is 0 Å². The monoisotopic (exact) mass is 387 g/mol. The summed E-state index contributed by atoms with van der Waals surface area (Å²) in [5.74, 6) is 1.03. The topological polar surface area (TPSA) is 87.9 Å². The highest BCUT2D eigenvalue weighted by atomic mass is 16.5. The fourth-order valence-corrected chi connectivity index (χ4v) is 3.80. The zero-order valence-electron chi connectivity index (χ0n) is 16.1. The minimum atomic E-state index is -0.0526. The van der Waals surface area contributed by atoms with Crippen molar-refractivity contribution in [2.24, 2.45) is 0 Å². The van der Waals surface area contributed by atoms with Crippen molar-refractivity contribution in [1.29, 1.82) is 0 Å². The second kappa shape index (κ2) is 7.16. The molecule has 7 nitrogen and oxygen atoms in total. The lowest BCUT2D eigenvalue weighted by atomic mass is 10.1. The number of carbonyl (C=O) groups is 1. The molecule has 1 aliphatic heterocycles. The number of H-pyrrole nitrogens is 1. The van der Waals surface area contributed by atoms with Crippen molar-refractivity contribution in [1.82, 2.24) is 25.2 Å². The van der Waals surface area contributed by atoms with E-state index in [9.17, 15) is 4.79 Å². The molecule has 3 heterocycles. The van der Waals surface area contributed by atoms with Crippen molar-refractivity contribution < 1.29 is 9.32 Å². The molecule has 2 aromatic carbocycles. The van der Waals surface area contributed by atoms with Gasteiger partial charge in [0.05, 0.1) is 5.52 Å². The number of hydrogen-bond donors (Lipinski definition) is 1. The van der Waals surface area contributed by atoms with Crippen LogP contribution in [0.15, 0.2) is 53.1 Å². The molecule has 2 aromatic heterocycles. The smallest absolute Gasteiger partial charge is 0.279 e. The van der Waals surface area contributed by atoms with E-state index in [1.54, 1.807) is 0 Å². The predicted molar refractivity (Wildman–Crippen MR) is 108 cm³/mol. The van der Waals surface area contributed by atoms with Crippen molar-refractivity contribution in [3.8, 4) is 11.6 Å². The Morgan fingerprint density at radius 3 is 2.86 bits per heavy atom. The van der Waals surface area contributed by atoms with Gasteiger partial charge in [0.1, 0.15) is 0 Å². The maximum Gasteiger partial charge on any atom is 0.279 e. The molecule has 1 saturated heterocycles. The summed E-state index contributed by atoms with van der Waals surface area (Å²) in [5.41, 5.74) is 4.03. The van der Waals surface area contributed by atoms with Gasteiger partial charge in [-0.05, 0) is 25.0 Å². The van der Waals surface area contributed by atoms with Gasteiger partial charge in [-0.2, -0.15) is 10.1 Å². The summed E-state index contributed by atoms with van der Waals surface area (Å²) in [7, 11) is 0. The zero-order valence-corrected chi connectivity index (χ0v) is 16.1. The third kappa shape index (κ3) is 3.40. The highest BCUT2D eigenvalue weighted by Gasteiger charge is 2.33. The van der Waals surface area contributed by atoms with Crippen molar-refractivity contribution >= 4 is 16.8 Å². The van der Waals surface area contributed by atoms with E-state index in [1.165, 1.54) is 11.1 Å². The molecular weight excluding hydrogens is 366 g/mol. The van der Waals surface area contributed by atoms with Crippen molar-refractivity contribution in [2.45, 2.75) is 25.7 Å². The standard InChI is InChI=1S/C22H21N5O2/c1-14-6-8-15(9-7-14)10-11-27-13-16(12-19(27)28)21-23-22(29-26-21)20-17-4-2-3-5-18(17)24-25-20/h2-9,16H,10-13H2,1H3,(H,24,25). The number of aromatic amines is 1. The van der Waals surface area contributed by atoms with Crippen LogP contribution in [0.4, 0.5) is 0 Å². The Bertz CT molecular complexity index is 1160. The molecule has 4 aromatic rings. The summed E-state index contributed by atoms with van der Waals surface area (Å²) in [4.78, 5) is 18.9. The van der Waals surface area contributed by atoms with Crippen LogP contribution in [0, 0.1) is 6.92 Å². The van der Waals surface area contributed by atoms with E-state index in [1.807, 2.05) is 29.2 Å². The maximum atomic E-state index is 12.5. The molecule has 1 fully saturated rings. The van der Waals surface area contributed by atoms with Gasteiger partial charge in [-0.25, -0.2) is 0 Å². The molecular formula is C22H21N5O2. The summed E-state index contributed by atoms with van der Waals surface area (Å²) in [5, 5.41) is 12.4. The summed E-state index contributed by atoms with van der Waals surface area (Å²) in [6.07, 6.45) is 1.25. The summed E-state index contributed by atoms with van der Waals surface area (Å²) >= 11 is 0. The van der Waals surface area contributed by atoms with E-state index < -0.39 is 0 Å². The number of para-hydroxylation sites is 1. The lowest BCUT2D eigenvalue weighted by Crippen LogP contribution is -2.27. The molecule has 146 valence electrons. The number of rotatable bonds is 5. The van der Waals surface area contributed by atoms with Gasteiger partial charge in [-0.15, -0.1) is 0 Å². The lowest BCUT2D eigenvalue weighted by molar-refractivity contribution is -0.127. The molecule has 1 N–H and O–H groups in total. The summed E-state index contributed by atoms with van der Waals surface area (Å²) in [6.45, 7) is 3.39. The number of fused-ring (bicyclic) bond motifs is 1. The van der Waals surface area contributed by atoms with Crippen molar-refractivity contribution in [2.75, 3.05) is 13.1 Å². The van der Waals surface area contributed by atoms with Crippen molar-refractivity contribution in [3.63, 3.8) is 0 Å². The van der Waals surface area contributed by atoms with Gasteiger partial charge in [0.15, 0.2) is 11.5 Å². The summed E-state index contributed by atoms with van der Waals surface area (Å²) < 4.78 is 5.47. The quantitative estimate of drug-likeness (QED) is 0.566. The number of nitrogens with one attached hydrogen (secondary N) is 1. The van der Waals surface area contributed by atoms with Crippen LogP contribution >= 0.6 is 0 Å². The molecule has 7 heteroatoms. The Morgan fingerprint density at radius 2 is 2.00 bits per heavy atom. The normalized spacial score (nSPS) is 16.8. The number of carbonyl (C=O) groups excluding carboxylic acids is 1. The van der Waals surface area contributed by atoms with Crippen LogP contribution in [-0.2, 0) is 11.2 Å². The van der Waals surface area contributed by atoms with Gasteiger partial charge in [0.2, 0.25) is 5.91 Å². The first-order valence-electron chi connectivity index (χ1n) is 9.78. The Morgan fingerprint density at radius 1 is 1.17 bits per heavy atom. The van der Waals surface area contributed by atoms with Crippen LogP contribution < -0.4 is 0 Å². The van der Waals surface area contributed by atoms with Crippen LogP contribution in [0.25, 0.3) is 22.5 Å². The molecule has 1 atom stereocenters. The van der Waals surface area contributed by atoms with E-state index in [-0.39, 0.29) is 11.8 Å². The molecule has 1 amide bonds. The fourth-order valence-electron chi connectivity index (χ4n) is 3.80. The molecule has 0 aliphatic carbocycles. The first kappa shape index (κ1) is 17.6. The highest BCUT2D eigenvalue weighted by molar-refractivity contribution is 5.90. The van der Waals surface area contributed by atoms with Crippen LogP contribution in [0.1, 0.15) is 29.3 Å². The minimum absolute atomic E-state index is 0.0526. The Balaban J connectivity index is 1.28. The Kier molecular flexibility index (Phi) is 4.35. The average molecular weight is 387 g/mol. The number of amides is 1. The largest absolute Gasteiger partial charge is 0.342 e. The zero-order chi connectivity index (χ0) is 19.8. The average Bonchev–Trinajstić information content (AvgIpc) is 3.45. The van der Waals surface area contributed by atoms with Crippen LogP contribution in [0.5, 0.6) is 0 Å². The molecule has 0 spiro atoms. The Labute approximate surface area is 167 Å². The molecule has 0 radical (unpaired) electrons. The number of nitrogens with zero attached hydrogens (tertiary/aromatic N) is 4. The fraction of sp³-hybridized carbons (Fsp3) is 0.273. The number of hydrogen-bond acceptors (Lipinski definition) is 5. The van der Waals surface area contributed by atoms with Gasteiger partial charge in [-0.3, -0.25) is 9.89 Å². The van der Waals surface area contributed by atoms with Gasteiger partial charge >= 0.3 is 0 Å². The molecule has 5 rings (SSSR count). The van der Waals surface area contributed by atoms with Crippen molar-refractivity contribution in [3.05, 3.63) is 65.5 Å². The van der Waals surface area contributed by atoms with Gasteiger partial charge in [0, 0.05) is 30.8 Å². The highest BCUT2D eigenvalue weighted by Crippen LogP contribution is 2.30. The third-order valence-electron chi connectivity index (χ3n) is 5.49. The third-order valence-corrected chi connectivity index (χ3v) is 5.49. The maximum absolute atomic E-state index is 12.5. The van der Waals surface area contributed by atoms with Gasteiger partial charge in [-0.1, -0.05) is 53.2 Å². The SMILES string of the molecule is Cc1ccc(CCN2CC(c3noc(-c4n[nH]c5ccccc45)n3)CC2=O)cc1. The van der Waals surface area contributed by atoms with Crippen LogP contribution in [0.3, 0.4) is 0 Å². The number of likely N-dealkylation sites (tertiary alicyclic amines) is 1. The van der Waals surface area contributed by atoms with E-state index in [4.69, 9.17) is 4.52 Å². The lowest BCUT2D eigenvalue weighted by Gasteiger charge is -2.16. The number of aromatic nitrogens is 4. The Hall–Kier alpha value is -3.48. The number of aryl methyl sites for hydroxylation is 1. The molecule has 1 unspecified atom stereocenters. The van der Waals surface area contributed by atoms with E-state index in [0.29, 0.717) is 36.9 Å². The second-order valence-corrected chi connectivity index (χ2v) is 7.55. The number of benzene rings is 2.